The van der Waals surface area contributed by atoms with E-state index in [1.807, 2.05) is 31.2 Å². The standard InChI is InChI=1S/C22H25N3O5/c1-2-28-18-6-4-3-5-17(18)24-9-11-25(12-10-24)21(26)14-23-22(27)16-7-8-19-20(13-16)30-15-29-19/h3-8,13H,2,9-12,14-15H2,1H3,(H,23,27). The number of hydrogen-bond acceptors (Lipinski definition) is 6. The fourth-order valence-corrected chi connectivity index (χ4v) is 3.60. The summed E-state index contributed by atoms with van der Waals surface area (Å²) < 4.78 is 16.2. The fraction of sp³-hybridized carbons (Fsp3) is 0.364. The third kappa shape index (κ3) is 4.27. The predicted octanol–water partition coefficient (Wildman–Crippen LogP) is 1.89. The number of nitrogens with one attached hydrogen (secondary N) is 1. The summed E-state index contributed by atoms with van der Waals surface area (Å²) in [5.41, 5.74) is 1.48. The normalized spacial score (nSPS) is 15.1. The van der Waals surface area contributed by atoms with E-state index >= 15 is 0 Å². The van der Waals surface area contributed by atoms with E-state index < -0.39 is 0 Å². The van der Waals surface area contributed by atoms with Crippen molar-refractivity contribution in [2.24, 2.45) is 0 Å². The number of carbonyl (C=O) groups is 2. The van der Waals surface area contributed by atoms with E-state index in [0.717, 1.165) is 11.4 Å². The van der Waals surface area contributed by atoms with Crippen LogP contribution in [0.1, 0.15) is 17.3 Å². The Hall–Kier alpha value is -3.42. The molecule has 0 atom stereocenters. The number of benzene rings is 2. The van der Waals surface area contributed by atoms with E-state index in [0.29, 0.717) is 49.8 Å². The number of carbonyl (C=O) groups excluding carboxylic acids is 2. The van der Waals surface area contributed by atoms with Gasteiger partial charge in [0, 0.05) is 31.7 Å². The minimum atomic E-state index is -0.314. The Bertz CT molecular complexity index is 925. The molecule has 0 radical (unpaired) electrons. The van der Waals surface area contributed by atoms with Crippen LogP contribution in [0, 0.1) is 0 Å². The Morgan fingerprint density at radius 3 is 2.60 bits per heavy atom. The molecule has 0 saturated carbocycles. The number of fused-ring (bicyclic) bond motifs is 1. The van der Waals surface area contributed by atoms with E-state index in [2.05, 4.69) is 10.2 Å². The molecule has 0 aromatic heterocycles. The Kier molecular flexibility index (Phi) is 5.92. The predicted molar refractivity (Wildman–Crippen MR) is 111 cm³/mol. The van der Waals surface area contributed by atoms with Crippen LogP contribution < -0.4 is 24.4 Å². The molecular formula is C22H25N3O5. The molecule has 158 valence electrons. The molecule has 0 unspecified atom stereocenters. The highest BCUT2D eigenvalue weighted by atomic mass is 16.7. The first-order valence-electron chi connectivity index (χ1n) is 10.1. The van der Waals surface area contributed by atoms with Gasteiger partial charge in [0.05, 0.1) is 18.8 Å². The molecule has 2 aliphatic heterocycles. The van der Waals surface area contributed by atoms with Crippen molar-refractivity contribution < 1.29 is 23.8 Å². The Labute approximate surface area is 175 Å². The van der Waals surface area contributed by atoms with Gasteiger partial charge in [-0.1, -0.05) is 12.1 Å². The monoisotopic (exact) mass is 411 g/mol. The van der Waals surface area contributed by atoms with Crippen molar-refractivity contribution >= 4 is 17.5 Å². The summed E-state index contributed by atoms with van der Waals surface area (Å²) in [4.78, 5) is 28.9. The minimum Gasteiger partial charge on any atom is -0.492 e. The van der Waals surface area contributed by atoms with Gasteiger partial charge in [-0.15, -0.1) is 0 Å². The molecule has 8 nitrogen and oxygen atoms in total. The van der Waals surface area contributed by atoms with Crippen LogP contribution in [-0.2, 0) is 4.79 Å². The van der Waals surface area contributed by atoms with E-state index in [1.54, 1.807) is 23.1 Å². The Morgan fingerprint density at radius 2 is 1.80 bits per heavy atom. The van der Waals surface area contributed by atoms with Crippen molar-refractivity contribution in [1.29, 1.82) is 0 Å². The second-order valence-corrected chi connectivity index (χ2v) is 7.02. The largest absolute Gasteiger partial charge is 0.492 e. The molecule has 2 aromatic carbocycles. The highest BCUT2D eigenvalue weighted by Crippen LogP contribution is 2.32. The Morgan fingerprint density at radius 1 is 1.03 bits per heavy atom. The van der Waals surface area contributed by atoms with E-state index in [4.69, 9.17) is 14.2 Å². The van der Waals surface area contributed by atoms with Gasteiger partial charge in [-0.2, -0.15) is 0 Å². The van der Waals surface area contributed by atoms with Gasteiger partial charge in [0.2, 0.25) is 12.7 Å². The van der Waals surface area contributed by atoms with Crippen LogP contribution >= 0.6 is 0 Å². The first-order chi connectivity index (χ1) is 14.7. The number of piperazine rings is 1. The van der Waals surface area contributed by atoms with Crippen LogP contribution in [-0.4, -0.2) is 62.8 Å². The van der Waals surface area contributed by atoms with Crippen molar-refractivity contribution in [1.82, 2.24) is 10.2 Å². The molecule has 1 saturated heterocycles. The van der Waals surface area contributed by atoms with Crippen LogP contribution in [0.15, 0.2) is 42.5 Å². The third-order valence-corrected chi connectivity index (χ3v) is 5.17. The van der Waals surface area contributed by atoms with Gasteiger partial charge < -0.3 is 29.3 Å². The van der Waals surface area contributed by atoms with Crippen molar-refractivity contribution in [3.63, 3.8) is 0 Å². The summed E-state index contributed by atoms with van der Waals surface area (Å²) in [7, 11) is 0. The summed E-state index contributed by atoms with van der Waals surface area (Å²) in [5, 5.41) is 2.70. The summed E-state index contributed by atoms with van der Waals surface area (Å²) in [6.45, 7) is 5.31. The zero-order valence-corrected chi connectivity index (χ0v) is 16.9. The number of anilines is 1. The Balaban J connectivity index is 1.28. The van der Waals surface area contributed by atoms with Crippen LogP contribution in [0.3, 0.4) is 0 Å². The molecule has 2 heterocycles. The molecule has 0 bridgehead atoms. The highest BCUT2D eigenvalue weighted by molar-refractivity contribution is 5.97. The zero-order chi connectivity index (χ0) is 20.9. The first-order valence-corrected chi connectivity index (χ1v) is 10.1. The molecule has 4 rings (SSSR count). The lowest BCUT2D eigenvalue weighted by Crippen LogP contribution is -2.51. The topological polar surface area (TPSA) is 80.3 Å². The smallest absolute Gasteiger partial charge is 0.251 e. The van der Waals surface area contributed by atoms with Gasteiger partial charge in [0.15, 0.2) is 11.5 Å². The number of para-hydroxylation sites is 2. The summed E-state index contributed by atoms with van der Waals surface area (Å²) >= 11 is 0. The maximum absolute atomic E-state index is 12.6. The average molecular weight is 411 g/mol. The lowest BCUT2D eigenvalue weighted by atomic mass is 10.2. The van der Waals surface area contributed by atoms with Crippen LogP contribution in [0.4, 0.5) is 5.69 Å². The van der Waals surface area contributed by atoms with Crippen molar-refractivity contribution in [2.45, 2.75) is 6.92 Å². The van der Waals surface area contributed by atoms with Crippen LogP contribution in [0.2, 0.25) is 0 Å². The second kappa shape index (κ2) is 8.94. The molecular weight excluding hydrogens is 386 g/mol. The molecule has 0 aliphatic carbocycles. The molecule has 30 heavy (non-hydrogen) atoms. The van der Waals surface area contributed by atoms with Crippen molar-refractivity contribution in [3.8, 4) is 17.2 Å². The number of amides is 2. The van der Waals surface area contributed by atoms with Gasteiger partial charge in [-0.25, -0.2) is 0 Å². The second-order valence-electron chi connectivity index (χ2n) is 7.02. The summed E-state index contributed by atoms with van der Waals surface area (Å²) in [6, 6.07) is 12.9. The molecule has 2 aromatic rings. The molecule has 1 N–H and O–H groups in total. The number of hydrogen-bond donors (Lipinski definition) is 1. The summed E-state index contributed by atoms with van der Waals surface area (Å²) in [5.74, 6) is 1.60. The maximum atomic E-state index is 12.6. The number of rotatable bonds is 6. The van der Waals surface area contributed by atoms with Gasteiger partial charge in [-0.05, 0) is 37.3 Å². The van der Waals surface area contributed by atoms with Gasteiger partial charge in [-0.3, -0.25) is 9.59 Å². The van der Waals surface area contributed by atoms with Crippen LogP contribution in [0.25, 0.3) is 0 Å². The lowest BCUT2D eigenvalue weighted by Gasteiger charge is -2.36. The third-order valence-electron chi connectivity index (χ3n) is 5.17. The number of ether oxygens (including phenoxy) is 3. The molecule has 8 heteroatoms. The minimum absolute atomic E-state index is 0.0389. The molecule has 2 amide bonds. The molecule has 1 fully saturated rings. The van der Waals surface area contributed by atoms with E-state index in [1.165, 1.54) is 0 Å². The lowest BCUT2D eigenvalue weighted by molar-refractivity contribution is -0.130. The van der Waals surface area contributed by atoms with Crippen molar-refractivity contribution in [3.05, 3.63) is 48.0 Å². The summed E-state index contributed by atoms with van der Waals surface area (Å²) in [6.07, 6.45) is 0. The first kappa shape index (κ1) is 19.9. The SMILES string of the molecule is CCOc1ccccc1N1CCN(C(=O)CNC(=O)c2ccc3c(c2)OCO3)CC1. The fourth-order valence-electron chi connectivity index (χ4n) is 3.60. The average Bonchev–Trinajstić information content (AvgIpc) is 3.26. The maximum Gasteiger partial charge on any atom is 0.251 e. The highest BCUT2D eigenvalue weighted by Gasteiger charge is 2.23. The molecule has 0 spiro atoms. The van der Waals surface area contributed by atoms with Crippen LogP contribution in [0.5, 0.6) is 17.2 Å². The van der Waals surface area contributed by atoms with E-state index in [-0.39, 0.29) is 25.2 Å². The van der Waals surface area contributed by atoms with Gasteiger partial charge >= 0.3 is 0 Å². The quantitative estimate of drug-likeness (QED) is 0.782. The number of nitrogens with zero attached hydrogens (tertiary/aromatic N) is 2. The van der Waals surface area contributed by atoms with Gasteiger partial charge in [0.25, 0.3) is 5.91 Å². The van der Waals surface area contributed by atoms with Gasteiger partial charge in [0.1, 0.15) is 5.75 Å². The molecule has 2 aliphatic rings. The zero-order valence-electron chi connectivity index (χ0n) is 16.9. The van der Waals surface area contributed by atoms with E-state index in [9.17, 15) is 9.59 Å². The van der Waals surface area contributed by atoms with Crippen molar-refractivity contribution in [2.75, 3.05) is 51.0 Å².